The number of carbonyl (C=O) groups excluding carboxylic acids is 1. The number of rotatable bonds is 5. The molecular formula is C14H16N2O2. The van der Waals surface area contributed by atoms with Crippen molar-refractivity contribution >= 4 is 11.6 Å². The minimum atomic E-state index is -0.0565. The summed E-state index contributed by atoms with van der Waals surface area (Å²) in [5, 5.41) is 11.4. The third-order valence-electron chi connectivity index (χ3n) is 3.03. The number of amides is 1. The van der Waals surface area contributed by atoms with E-state index in [-0.39, 0.29) is 5.91 Å². The molecule has 1 aromatic rings. The van der Waals surface area contributed by atoms with Crippen LogP contribution < -0.4 is 5.32 Å². The van der Waals surface area contributed by atoms with Gasteiger partial charge >= 0.3 is 0 Å². The molecule has 1 aliphatic rings. The second-order valence-corrected chi connectivity index (χ2v) is 4.41. The number of hydrogen-bond donors (Lipinski definition) is 1. The highest BCUT2D eigenvalue weighted by Gasteiger charge is 2.17. The van der Waals surface area contributed by atoms with Crippen LogP contribution in [0.5, 0.6) is 0 Å². The van der Waals surface area contributed by atoms with Gasteiger partial charge in [0.2, 0.25) is 5.91 Å². The first-order valence-electron chi connectivity index (χ1n) is 6.19. The third kappa shape index (κ3) is 3.57. The summed E-state index contributed by atoms with van der Waals surface area (Å²) in [5.41, 5.74) is 1.30. The number of hydrogen-bond acceptors (Lipinski definition) is 3. The highest BCUT2D eigenvalue weighted by atomic mass is 16.5. The van der Waals surface area contributed by atoms with Crippen molar-refractivity contribution < 1.29 is 9.53 Å². The summed E-state index contributed by atoms with van der Waals surface area (Å²) in [6.07, 6.45) is 4.22. The van der Waals surface area contributed by atoms with Gasteiger partial charge in [-0.2, -0.15) is 5.26 Å². The topological polar surface area (TPSA) is 62.1 Å². The Bertz CT molecular complexity index is 444. The zero-order chi connectivity index (χ0) is 12.8. The first kappa shape index (κ1) is 12.6. The van der Waals surface area contributed by atoms with Crippen molar-refractivity contribution in [3.05, 3.63) is 29.8 Å². The number of nitrogens with one attached hydrogen (secondary N) is 1. The largest absolute Gasteiger partial charge is 0.378 e. The van der Waals surface area contributed by atoms with Gasteiger partial charge in [0.15, 0.2) is 0 Å². The van der Waals surface area contributed by atoms with Gasteiger partial charge in [-0.15, -0.1) is 0 Å². The molecule has 0 unspecified atom stereocenters. The van der Waals surface area contributed by atoms with Gasteiger partial charge in [0.1, 0.15) is 0 Å². The van der Waals surface area contributed by atoms with E-state index in [4.69, 9.17) is 10.00 Å². The molecule has 4 heteroatoms. The predicted octanol–water partition coefficient (Wildman–Crippen LogP) is 2.46. The molecule has 1 saturated carbocycles. The molecule has 1 aliphatic carbocycles. The molecule has 18 heavy (non-hydrogen) atoms. The second-order valence-electron chi connectivity index (χ2n) is 4.41. The Morgan fingerprint density at radius 2 is 2.11 bits per heavy atom. The van der Waals surface area contributed by atoms with Gasteiger partial charge < -0.3 is 10.1 Å². The Kier molecular flexibility index (Phi) is 4.32. The molecule has 1 fully saturated rings. The quantitative estimate of drug-likeness (QED) is 0.865. The molecule has 0 aromatic heterocycles. The van der Waals surface area contributed by atoms with Gasteiger partial charge in [-0.25, -0.2) is 0 Å². The van der Waals surface area contributed by atoms with Crippen molar-refractivity contribution in [2.24, 2.45) is 0 Å². The molecule has 0 saturated heterocycles. The van der Waals surface area contributed by atoms with E-state index in [9.17, 15) is 4.79 Å². The number of carbonyl (C=O) groups is 1. The Balaban J connectivity index is 1.70. The molecule has 1 aromatic carbocycles. The van der Waals surface area contributed by atoms with Crippen LogP contribution in [0.4, 0.5) is 5.69 Å². The van der Waals surface area contributed by atoms with E-state index in [1.165, 1.54) is 6.42 Å². The van der Waals surface area contributed by atoms with Crippen LogP contribution in [-0.4, -0.2) is 18.6 Å². The van der Waals surface area contributed by atoms with Gasteiger partial charge in [0, 0.05) is 5.69 Å². The fourth-order valence-electron chi connectivity index (χ4n) is 1.71. The van der Waals surface area contributed by atoms with Crippen LogP contribution >= 0.6 is 0 Å². The number of benzene rings is 1. The van der Waals surface area contributed by atoms with Gasteiger partial charge in [0.25, 0.3) is 0 Å². The lowest BCUT2D eigenvalue weighted by molar-refractivity contribution is -0.118. The molecule has 2 rings (SSSR count). The van der Waals surface area contributed by atoms with E-state index in [0.717, 1.165) is 12.8 Å². The van der Waals surface area contributed by atoms with Crippen molar-refractivity contribution in [2.75, 3.05) is 11.9 Å². The van der Waals surface area contributed by atoms with Gasteiger partial charge in [-0.3, -0.25) is 4.79 Å². The molecule has 1 N–H and O–H groups in total. The summed E-state index contributed by atoms with van der Waals surface area (Å²) >= 11 is 0. The lowest BCUT2D eigenvalue weighted by Gasteiger charge is -2.25. The molecule has 0 bridgehead atoms. The van der Waals surface area contributed by atoms with Crippen LogP contribution in [-0.2, 0) is 9.53 Å². The Hall–Kier alpha value is -1.86. The normalized spacial score (nSPS) is 14.6. The molecule has 0 radical (unpaired) electrons. The summed E-state index contributed by atoms with van der Waals surface area (Å²) in [7, 11) is 0. The average Bonchev–Trinajstić information content (AvgIpc) is 2.33. The minimum Gasteiger partial charge on any atom is -0.378 e. The fraction of sp³-hybridized carbons (Fsp3) is 0.429. The maximum absolute atomic E-state index is 11.6. The standard InChI is InChI=1S/C14H16N2O2/c15-10-11-4-6-12(7-5-11)16-14(17)8-9-18-13-2-1-3-13/h4-7,13H,1-3,8-9H2,(H,16,17). The molecule has 94 valence electrons. The molecule has 1 amide bonds. The highest BCUT2D eigenvalue weighted by Crippen LogP contribution is 2.21. The zero-order valence-corrected chi connectivity index (χ0v) is 10.2. The highest BCUT2D eigenvalue weighted by molar-refractivity contribution is 5.90. The van der Waals surface area contributed by atoms with Crippen LogP contribution in [0.3, 0.4) is 0 Å². The van der Waals surface area contributed by atoms with E-state index in [1.807, 2.05) is 6.07 Å². The molecule has 0 spiro atoms. The van der Waals surface area contributed by atoms with Crippen molar-refractivity contribution in [1.82, 2.24) is 0 Å². The third-order valence-corrected chi connectivity index (χ3v) is 3.03. The number of nitriles is 1. The smallest absolute Gasteiger partial charge is 0.226 e. The van der Waals surface area contributed by atoms with Gasteiger partial charge in [-0.1, -0.05) is 0 Å². The summed E-state index contributed by atoms with van der Waals surface area (Å²) < 4.78 is 5.52. The molecule has 0 atom stereocenters. The number of anilines is 1. The Morgan fingerprint density at radius 1 is 1.39 bits per heavy atom. The van der Waals surface area contributed by atoms with Gasteiger partial charge in [0.05, 0.1) is 30.8 Å². The number of nitrogens with zero attached hydrogens (tertiary/aromatic N) is 1. The average molecular weight is 244 g/mol. The first-order chi connectivity index (χ1) is 8.78. The van der Waals surface area contributed by atoms with E-state index in [0.29, 0.717) is 30.4 Å². The lowest BCUT2D eigenvalue weighted by Crippen LogP contribution is -2.23. The monoisotopic (exact) mass is 244 g/mol. The van der Waals surface area contributed by atoms with Crippen molar-refractivity contribution in [3.63, 3.8) is 0 Å². The summed E-state index contributed by atoms with van der Waals surface area (Å²) in [6.45, 7) is 0.479. The van der Waals surface area contributed by atoms with E-state index in [1.54, 1.807) is 24.3 Å². The minimum absolute atomic E-state index is 0.0565. The first-order valence-corrected chi connectivity index (χ1v) is 6.19. The van der Waals surface area contributed by atoms with Crippen molar-refractivity contribution in [3.8, 4) is 6.07 Å². The van der Waals surface area contributed by atoms with Crippen LogP contribution in [0.25, 0.3) is 0 Å². The maximum Gasteiger partial charge on any atom is 0.226 e. The van der Waals surface area contributed by atoms with Crippen LogP contribution in [0.15, 0.2) is 24.3 Å². The van der Waals surface area contributed by atoms with Crippen molar-refractivity contribution in [2.45, 2.75) is 31.8 Å². The fourth-order valence-corrected chi connectivity index (χ4v) is 1.71. The maximum atomic E-state index is 11.6. The summed E-state index contributed by atoms with van der Waals surface area (Å²) in [5.74, 6) is -0.0565. The Labute approximate surface area is 107 Å². The zero-order valence-electron chi connectivity index (χ0n) is 10.2. The molecule has 0 heterocycles. The van der Waals surface area contributed by atoms with Crippen molar-refractivity contribution in [1.29, 1.82) is 5.26 Å². The summed E-state index contributed by atoms with van der Waals surface area (Å²) in [4.78, 5) is 11.6. The van der Waals surface area contributed by atoms with Crippen LogP contribution in [0.2, 0.25) is 0 Å². The van der Waals surface area contributed by atoms with E-state index in [2.05, 4.69) is 5.32 Å². The van der Waals surface area contributed by atoms with Crippen LogP contribution in [0, 0.1) is 11.3 Å². The lowest BCUT2D eigenvalue weighted by atomic mass is 9.96. The van der Waals surface area contributed by atoms with E-state index >= 15 is 0 Å². The Morgan fingerprint density at radius 3 is 2.67 bits per heavy atom. The molecule has 4 nitrogen and oxygen atoms in total. The SMILES string of the molecule is N#Cc1ccc(NC(=O)CCOC2CCC2)cc1. The predicted molar refractivity (Wildman–Crippen MR) is 68.0 cm³/mol. The summed E-state index contributed by atoms with van der Waals surface area (Å²) in [6, 6.07) is 8.85. The van der Waals surface area contributed by atoms with Crippen LogP contribution in [0.1, 0.15) is 31.2 Å². The van der Waals surface area contributed by atoms with E-state index < -0.39 is 0 Å². The van der Waals surface area contributed by atoms with Gasteiger partial charge in [-0.05, 0) is 43.5 Å². The molecular weight excluding hydrogens is 228 g/mol. The number of ether oxygens (including phenoxy) is 1. The molecule has 0 aliphatic heterocycles. The second kappa shape index (κ2) is 6.18.